The monoisotopic (exact) mass is 985 g/mol. The number of phenols is 6. The number of phenolic OH excluding ortho intramolecular Hbond substituents is 6. The third kappa shape index (κ3) is 19.9. The normalized spacial score (nSPS) is 12.3. The van der Waals surface area contributed by atoms with Crippen LogP contribution in [0.1, 0.15) is 195 Å². The molecule has 0 atom stereocenters. The highest BCUT2D eigenvalue weighted by atomic mass is 16.6. The van der Waals surface area contributed by atoms with Crippen molar-refractivity contribution in [3.05, 3.63) is 69.8 Å². The Bertz CT molecular complexity index is 2060. The van der Waals surface area contributed by atoms with Gasteiger partial charge in [0.05, 0.1) is 20.3 Å². The summed E-state index contributed by atoms with van der Waals surface area (Å²) < 4.78 is 15.1. The number of aliphatic hydroxyl groups is 2. The summed E-state index contributed by atoms with van der Waals surface area (Å²) in [5.74, 6) is -0.111. The number of hydrogen-bond acceptors (Lipinski definition) is 14. The average Bonchev–Trinajstić information content (AvgIpc) is 3.23. The summed E-state index contributed by atoms with van der Waals surface area (Å²) in [6.07, 6.45) is 4.32. The zero-order valence-corrected chi connectivity index (χ0v) is 45.2. The van der Waals surface area contributed by atoms with E-state index in [0.717, 1.165) is 5.56 Å². The lowest BCUT2D eigenvalue weighted by Gasteiger charge is -2.29. The molecule has 0 radical (unpaired) electrons. The lowest BCUT2D eigenvalue weighted by atomic mass is 9.77. The number of aliphatic hydroxyl groups excluding tert-OH is 2. The van der Waals surface area contributed by atoms with Crippen LogP contribution in [-0.4, -0.2) is 92.3 Å². The highest BCUT2D eigenvalue weighted by Crippen LogP contribution is 2.45. The minimum Gasteiger partial charge on any atom is -0.508 e. The highest BCUT2D eigenvalue weighted by Gasteiger charge is 2.31. The van der Waals surface area contributed by atoms with E-state index in [1.807, 2.05) is 104 Å². The van der Waals surface area contributed by atoms with Crippen LogP contribution in [0.3, 0.4) is 0 Å². The molecule has 3 rings (SSSR count). The summed E-state index contributed by atoms with van der Waals surface area (Å²) in [5.41, 5.74) is 1.86. The number of methoxy groups -OCH3 is 1. The van der Waals surface area contributed by atoms with Crippen LogP contribution in [0, 0.1) is 0 Å². The Morgan fingerprint density at radius 2 is 0.600 bits per heavy atom. The second-order valence-electron chi connectivity index (χ2n) is 23.1. The molecule has 0 aliphatic heterocycles. The largest absolute Gasteiger partial charge is 0.508 e. The standard InChI is InChI=1S/C36H54O8.C18H28O4.C2H6O2/c1-33(2,3)23-19-29(39)25(21-27(23)37)35(7,8)15-11-13-31(41)43-17-18-44-32(42)14-12-16-36(9,10)26-22-28(38)24(20-30(26)40)34(4,5)6;1-17(2,3)12-10-15(20)13(11-14(12)19)18(4,5)9-7-8-16(21)22-6;3-1-2-4/h19-22,37-40H,11-18H2,1-10H3;10-11,19-20H,7-9H2,1-6H3;3-4H,1-2H2. The molecule has 0 aromatic heterocycles. The average molecular weight is 985 g/mol. The molecule has 396 valence electrons. The second kappa shape index (κ2) is 26.3. The zero-order chi connectivity index (χ0) is 54.2. The number of rotatable bonds is 19. The predicted octanol–water partition coefficient (Wildman–Crippen LogP) is 10.8. The smallest absolute Gasteiger partial charge is 0.305 e. The van der Waals surface area contributed by atoms with Crippen LogP contribution in [0.15, 0.2) is 36.4 Å². The third-order valence-electron chi connectivity index (χ3n) is 12.4. The molecule has 0 heterocycles. The molecule has 14 nitrogen and oxygen atoms in total. The first-order valence-electron chi connectivity index (χ1n) is 24.3. The van der Waals surface area contributed by atoms with Gasteiger partial charge in [0.15, 0.2) is 0 Å². The minimum absolute atomic E-state index is 0.0321. The summed E-state index contributed by atoms with van der Waals surface area (Å²) in [6, 6.07) is 9.75. The summed E-state index contributed by atoms with van der Waals surface area (Å²) in [7, 11) is 1.38. The number of aromatic hydroxyl groups is 6. The van der Waals surface area contributed by atoms with Gasteiger partial charge in [0, 0.05) is 52.6 Å². The molecule has 3 aromatic carbocycles. The Kier molecular flexibility index (Phi) is 23.6. The van der Waals surface area contributed by atoms with Gasteiger partial charge in [-0.1, -0.05) is 104 Å². The molecular formula is C56H88O14. The van der Waals surface area contributed by atoms with Crippen molar-refractivity contribution in [2.24, 2.45) is 0 Å². The molecule has 3 aromatic rings. The van der Waals surface area contributed by atoms with E-state index >= 15 is 0 Å². The fourth-order valence-corrected chi connectivity index (χ4v) is 8.14. The first-order valence-corrected chi connectivity index (χ1v) is 24.3. The molecule has 0 unspecified atom stereocenters. The van der Waals surface area contributed by atoms with Crippen molar-refractivity contribution < 1.29 is 69.4 Å². The number of benzene rings is 3. The quantitative estimate of drug-likeness (QED) is 0.0241. The zero-order valence-electron chi connectivity index (χ0n) is 45.2. The molecule has 0 spiro atoms. The molecule has 0 aliphatic carbocycles. The third-order valence-corrected chi connectivity index (χ3v) is 12.4. The molecular weight excluding hydrogens is 897 g/mol. The second-order valence-corrected chi connectivity index (χ2v) is 23.1. The van der Waals surface area contributed by atoms with Crippen LogP contribution < -0.4 is 0 Å². The number of carbonyl (C=O) groups is 3. The van der Waals surface area contributed by atoms with E-state index in [0.29, 0.717) is 72.8 Å². The number of esters is 3. The van der Waals surface area contributed by atoms with Gasteiger partial charge in [0.1, 0.15) is 47.7 Å². The van der Waals surface area contributed by atoms with Crippen molar-refractivity contribution in [1.29, 1.82) is 0 Å². The predicted molar refractivity (Wildman–Crippen MR) is 274 cm³/mol. The maximum Gasteiger partial charge on any atom is 0.305 e. The van der Waals surface area contributed by atoms with Gasteiger partial charge < -0.3 is 55.1 Å². The fraction of sp³-hybridized carbons (Fsp3) is 0.625. The van der Waals surface area contributed by atoms with E-state index < -0.39 is 22.8 Å². The van der Waals surface area contributed by atoms with Crippen LogP contribution >= 0.6 is 0 Å². The maximum atomic E-state index is 12.2. The molecule has 0 saturated heterocycles. The van der Waals surface area contributed by atoms with Gasteiger partial charge >= 0.3 is 17.9 Å². The number of hydrogen-bond donors (Lipinski definition) is 8. The van der Waals surface area contributed by atoms with Gasteiger partial charge in [-0.15, -0.1) is 0 Å². The molecule has 0 saturated carbocycles. The van der Waals surface area contributed by atoms with E-state index in [1.54, 1.807) is 36.4 Å². The summed E-state index contributed by atoms with van der Waals surface area (Å²) in [4.78, 5) is 35.7. The molecule has 0 fully saturated rings. The fourth-order valence-electron chi connectivity index (χ4n) is 8.14. The molecule has 8 N–H and O–H groups in total. The van der Waals surface area contributed by atoms with Gasteiger partial charge in [-0.05, 0) is 107 Å². The van der Waals surface area contributed by atoms with Gasteiger partial charge in [-0.2, -0.15) is 0 Å². The van der Waals surface area contributed by atoms with E-state index in [9.17, 15) is 45.0 Å². The van der Waals surface area contributed by atoms with Crippen LogP contribution in [0.4, 0.5) is 0 Å². The van der Waals surface area contributed by atoms with E-state index in [4.69, 9.17) is 19.7 Å². The first kappa shape index (κ1) is 62.8. The van der Waals surface area contributed by atoms with Crippen molar-refractivity contribution in [2.45, 2.75) is 194 Å². The summed E-state index contributed by atoms with van der Waals surface area (Å²) in [5, 5.41) is 78.3. The van der Waals surface area contributed by atoms with Crippen molar-refractivity contribution in [3.8, 4) is 34.5 Å². The Hall–Kier alpha value is -5.21. The SMILES string of the molecule is CC(C)(C)c1cc(O)c(C(C)(C)CCCC(=O)OCCOC(=O)CCCC(C)(C)c2cc(O)c(C(C)(C)C)cc2O)cc1O.COC(=O)CCCC(C)(C)c1cc(O)c(C(C)(C)C)cc1O.OCCO. The van der Waals surface area contributed by atoms with Crippen LogP contribution in [0.2, 0.25) is 0 Å². The molecule has 0 aliphatic rings. The minimum atomic E-state index is -0.475. The van der Waals surface area contributed by atoms with Crippen molar-refractivity contribution >= 4 is 17.9 Å². The van der Waals surface area contributed by atoms with Crippen LogP contribution in [0.25, 0.3) is 0 Å². The van der Waals surface area contributed by atoms with Gasteiger partial charge in [-0.3, -0.25) is 14.4 Å². The topological polar surface area (TPSA) is 241 Å². The number of carbonyl (C=O) groups excluding carboxylic acids is 3. The van der Waals surface area contributed by atoms with Crippen molar-refractivity contribution in [2.75, 3.05) is 33.5 Å². The Balaban J connectivity index is 0.000000782. The van der Waals surface area contributed by atoms with E-state index in [2.05, 4.69) is 4.74 Å². The lowest BCUT2D eigenvalue weighted by Crippen LogP contribution is -2.20. The Morgan fingerprint density at radius 1 is 0.386 bits per heavy atom. The number of ether oxygens (including phenoxy) is 3. The highest BCUT2D eigenvalue weighted by molar-refractivity contribution is 5.70. The van der Waals surface area contributed by atoms with Gasteiger partial charge in [0.25, 0.3) is 0 Å². The Morgan fingerprint density at radius 3 is 0.814 bits per heavy atom. The van der Waals surface area contributed by atoms with E-state index in [-0.39, 0.29) is 101 Å². The van der Waals surface area contributed by atoms with Gasteiger partial charge in [0.2, 0.25) is 0 Å². The maximum absolute atomic E-state index is 12.2. The molecule has 14 heteroatoms. The van der Waals surface area contributed by atoms with Crippen molar-refractivity contribution in [1.82, 2.24) is 0 Å². The van der Waals surface area contributed by atoms with Crippen LogP contribution in [0.5, 0.6) is 34.5 Å². The Labute approximate surface area is 418 Å². The van der Waals surface area contributed by atoms with Crippen molar-refractivity contribution in [3.63, 3.8) is 0 Å². The molecule has 70 heavy (non-hydrogen) atoms. The summed E-state index contributed by atoms with van der Waals surface area (Å²) >= 11 is 0. The molecule has 0 amide bonds. The molecule has 0 bridgehead atoms. The van der Waals surface area contributed by atoms with E-state index in [1.165, 1.54) is 7.11 Å². The lowest BCUT2D eigenvalue weighted by molar-refractivity contribution is -0.152. The first-order chi connectivity index (χ1) is 32.0. The summed E-state index contributed by atoms with van der Waals surface area (Å²) in [6.45, 7) is 29.3. The van der Waals surface area contributed by atoms with Crippen LogP contribution in [-0.2, 0) is 61.1 Å². The van der Waals surface area contributed by atoms with Gasteiger partial charge in [-0.25, -0.2) is 0 Å².